The Labute approximate surface area is 118 Å². The van der Waals surface area contributed by atoms with E-state index in [1.165, 1.54) is 6.07 Å². The molecule has 0 aliphatic carbocycles. The van der Waals surface area contributed by atoms with Crippen molar-refractivity contribution in [1.29, 1.82) is 0 Å². The number of nitrogen functional groups attached to an aromatic ring is 1. The Balaban J connectivity index is 3.04. The van der Waals surface area contributed by atoms with Crippen molar-refractivity contribution in [3.8, 4) is 0 Å². The highest BCUT2D eigenvalue weighted by atomic mass is 35.5. The van der Waals surface area contributed by atoms with Crippen LogP contribution >= 0.6 is 11.6 Å². The zero-order valence-electron chi connectivity index (χ0n) is 11.6. The number of hydrogen-bond donors (Lipinski definition) is 3. The van der Waals surface area contributed by atoms with E-state index in [1.807, 2.05) is 32.8 Å². The van der Waals surface area contributed by atoms with Gasteiger partial charge in [-0.05, 0) is 40.1 Å². The SMILES string of the molecule is CN(C)C(C)(C)CNc1c(Cl)cc(N)cc1C(=O)O. The van der Waals surface area contributed by atoms with E-state index in [4.69, 9.17) is 17.3 Å². The van der Waals surface area contributed by atoms with Gasteiger partial charge in [-0.3, -0.25) is 0 Å². The molecule has 0 spiro atoms. The first-order valence-electron chi connectivity index (χ1n) is 5.89. The lowest BCUT2D eigenvalue weighted by Crippen LogP contribution is -2.44. The minimum atomic E-state index is -1.06. The molecular weight excluding hydrogens is 266 g/mol. The molecule has 0 atom stereocenters. The summed E-state index contributed by atoms with van der Waals surface area (Å²) >= 11 is 6.07. The third-order valence-corrected chi connectivity index (χ3v) is 3.55. The van der Waals surface area contributed by atoms with Crippen LogP contribution in [0.5, 0.6) is 0 Å². The number of carbonyl (C=O) groups is 1. The van der Waals surface area contributed by atoms with Crippen molar-refractivity contribution in [2.45, 2.75) is 19.4 Å². The van der Waals surface area contributed by atoms with Crippen LogP contribution in [0.4, 0.5) is 11.4 Å². The fourth-order valence-corrected chi connectivity index (χ4v) is 1.73. The molecular formula is C13H20ClN3O2. The molecule has 1 rings (SSSR count). The van der Waals surface area contributed by atoms with Gasteiger partial charge < -0.3 is 21.1 Å². The Bertz CT molecular complexity index is 487. The first kappa shape index (κ1) is 15.6. The van der Waals surface area contributed by atoms with Gasteiger partial charge in [0.2, 0.25) is 0 Å². The van der Waals surface area contributed by atoms with E-state index < -0.39 is 5.97 Å². The molecule has 0 heterocycles. The molecule has 6 heteroatoms. The molecule has 0 unspecified atom stereocenters. The Hall–Kier alpha value is -1.46. The number of anilines is 2. The second-order valence-corrected chi connectivity index (χ2v) is 5.70. The molecule has 0 aromatic heterocycles. The summed E-state index contributed by atoms with van der Waals surface area (Å²) in [6.45, 7) is 4.65. The lowest BCUT2D eigenvalue weighted by Gasteiger charge is -2.33. The summed E-state index contributed by atoms with van der Waals surface area (Å²) in [5.74, 6) is -1.06. The van der Waals surface area contributed by atoms with Crippen LogP contribution in [-0.4, -0.2) is 42.2 Å². The summed E-state index contributed by atoms with van der Waals surface area (Å²) in [6, 6.07) is 2.94. The lowest BCUT2D eigenvalue weighted by atomic mass is 10.0. The van der Waals surface area contributed by atoms with Crippen LogP contribution in [-0.2, 0) is 0 Å². The van der Waals surface area contributed by atoms with Crippen LogP contribution < -0.4 is 11.1 Å². The van der Waals surface area contributed by atoms with Gasteiger partial charge in [0, 0.05) is 17.8 Å². The third-order valence-electron chi connectivity index (χ3n) is 3.25. The van der Waals surface area contributed by atoms with Gasteiger partial charge in [0.1, 0.15) is 0 Å². The number of carboxylic acids is 1. The summed E-state index contributed by atoms with van der Waals surface area (Å²) in [5.41, 5.74) is 6.29. The summed E-state index contributed by atoms with van der Waals surface area (Å²) in [6.07, 6.45) is 0. The maximum atomic E-state index is 11.2. The molecule has 4 N–H and O–H groups in total. The molecule has 0 aliphatic rings. The van der Waals surface area contributed by atoms with Gasteiger partial charge >= 0.3 is 5.97 Å². The van der Waals surface area contributed by atoms with Gasteiger partial charge in [-0.2, -0.15) is 0 Å². The zero-order chi connectivity index (χ0) is 14.8. The number of nitrogens with two attached hydrogens (primary N) is 1. The second-order valence-electron chi connectivity index (χ2n) is 5.29. The maximum Gasteiger partial charge on any atom is 0.337 e. The number of hydrogen-bond acceptors (Lipinski definition) is 4. The highest BCUT2D eigenvalue weighted by molar-refractivity contribution is 6.34. The van der Waals surface area contributed by atoms with Crippen LogP contribution in [0.3, 0.4) is 0 Å². The summed E-state index contributed by atoms with van der Waals surface area (Å²) in [5, 5.41) is 12.6. The Morgan fingerprint density at radius 1 is 1.47 bits per heavy atom. The molecule has 0 radical (unpaired) electrons. The first-order valence-corrected chi connectivity index (χ1v) is 6.26. The van der Waals surface area contributed by atoms with E-state index in [9.17, 15) is 9.90 Å². The normalized spacial score (nSPS) is 11.7. The van der Waals surface area contributed by atoms with Crippen LogP contribution in [0, 0.1) is 0 Å². The van der Waals surface area contributed by atoms with Gasteiger partial charge in [-0.25, -0.2) is 4.79 Å². The smallest absolute Gasteiger partial charge is 0.337 e. The molecule has 1 aromatic rings. The molecule has 0 bridgehead atoms. The number of carboxylic acid groups (broad SMARTS) is 1. The zero-order valence-corrected chi connectivity index (χ0v) is 12.4. The van der Waals surface area contributed by atoms with Crippen LogP contribution in [0.25, 0.3) is 0 Å². The van der Waals surface area contributed by atoms with E-state index >= 15 is 0 Å². The Kier molecular flexibility index (Phi) is 4.66. The fraction of sp³-hybridized carbons (Fsp3) is 0.462. The quantitative estimate of drug-likeness (QED) is 0.724. The number of likely N-dealkylation sites (N-methyl/N-ethyl adjacent to an activating group) is 1. The van der Waals surface area contributed by atoms with Crippen molar-refractivity contribution >= 4 is 28.9 Å². The maximum absolute atomic E-state index is 11.2. The molecule has 1 aromatic carbocycles. The van der Waals surface area contributed by atoms with E-state index in [0.29, 0.717) is 22.9 Å². The van der Waals surface area contributed by atoms with Crippen molar-refractivity contribution in [2.24, 2.45) is 0 Å². The van der Waals surface area contributed by atoms with Crippen molar-refractivity contribution in [3.63, 3.8) is 0 Å². The Morgan fingerprint density at radius 3 is 2.53 bits per heavy atom. The molecule has 5 nitrogen and oxygen atoms in total. The van der Waals surface area contributed by atoms with E-state index in [0.717, 1.165) is 0 Å². The van der Waals surface area contributed by atoms with E-state index in [-0.39, 0.29) is 11.1 Å². The number of nitrogens with zero attached hydrogens (tertiary/aromatic N) is 1. The number of benzene rings is 1. The van der Waals surface area contributed by atoms with Gasteiger partial charge in [0.25, 0.3) is 0 Å². The minimum absolute atomic E-state index is 0.0829. The third kappa shape index (κ3) is 3.75. The number of rotatable bonds is 5. The van der Waals surface area contributed by atoms with Crippen molar-refractivity contribution in [1.82, 2.24) is 4.90 Å². The average molecular weight is 286 g/mol. The van der Waals surface area contributed by atoms with E-state index in [1.54, 1.807) is 6.07 Å². The highest BCUT2D eigenvalue weighted by Crippen LogP contribution is 2.30. The Morgan fingerprint density at radius 2 is 2.05 bits per heavy atom. The highest BCUT2D eigenvalue weighted by Gasteiger charge is 2.22. The molecule has 106 valence electrons. The molecule has 0 amide bonds. The summed E-state index contributed by atoms with van der Waals surface area (Å²) in [4.78, 5) is 13.3. The predicted molar refractivity (Wildman–Crippen MR) is 79.1 cm³/mol. The predicted octanol–water partition coefficient (Wildman–Crippen LogP) is 2.37. The van der Waals surface area contributed by atoms with Crippen molar-refractivity contribution in [2.75, 3.05) is 31.7 Å². The topological polar surface area (TPSA) is 78.6 Å². The fourth-order valence-electron chi connectivity index (χ4n) is 1.44. The minimum Gasteiger partial charge on any atom is -0.478 e. The molecule has 0 aliphatic heterocycles. The number of halogens is 1. The largest absolute Gasteiger partial charge is 0.478 e. The standard InChI is InChI=1S/C13H20ClN3O2/c1-13(2,17(3)4)7-16-11-9(12(18)19)5-8(15)6-10(11)14/h5-6,16H,7,15H2,1-4H3,(H,18,19). The number of aromatic carboxylic acids is 1. The lowest BCUT2D eigenvalue weighted by molar-refractivity contribution is 0.0698. The van der Waals surface area contributed by atoms with Crippen LogP contribution in [0.1, 0.15) is 24.2 Å². The van der Waals surface area contributed by atoms with Crippen molar-refractivity contribution < 1.29 is 9.90 Å². The van der Waals surface area contributed by atoms with Gasteiger partial charge in [0.05, 0.1) is 16.3 Å². The first-order chi connectivity index (χ1) is 8.65. The number of nitrogens with one attached hydrogen (secondary N) is 1. The van der Waals surface area contributed by atoms with Crippen LogP contribution in [0.2, 0.25) is 5.02 Å². The summed E-state index contributed by atoms with van der Waals surface area (Å²) < 4.78 is 0. The van der Waals surface area contributed by atoms with Crippen molar-refractivity contribution in [3.05, 3.63) is 22.7 Å². The average Bonchev–Trinajstić information content (AvgIpc) is 2.26. The van der Waals surface area contributed by atoms with E-state index in [2.05, 4.69) is 5.32 Å². The monoisotopic (exact) mass is 285 g/mol. The second kappa shape index (κ2) is 5.67. The van der Waals surface area contributed by atoms with Gasteiger partial charge in [-0.15, -0.1) is 0 Å². The van der Waals surface area contributed by atoms with Crippen LogP contribution in [0.15, 0.2) is 12.1 Å². The molecule has 0 saturated heterocycles. The van der Waals surface area contributed by atoms with Gasteiger partial charge in [-0.1, -0.05) is 11.6 Å². The molecule has 19 heavy (non-hydrogen) atoms. The van der Waals surface area contributed by atoms with Gasteiger partial charge in [0.15, 0.2) is 0 Å². The molecule has 0 fully saturated rings. The molecule has 0 saturated carbocycles. The summed E-state index contributed by atoms with van der Waals surface area (Å²) in [7, 11) is 3.93.